The molecule has 3 aromatic carbocycles. The number of benzene rings is 3. The lowest BCUT2D eigenvalue weighted by molar-refractivity contribution is 0.0652. The lowest BCUT2D eigenvalue weighted by Crippen LogP contribution is -2.48. The molecule has 0 N–H and O–H groups in total. The first-order valence-electron chi connectivity index (χ1n) is 9.52. The zero-order valence-electron chi connectivity index (χ0n) is 15.4. The summed E-state index contributed by atoms with van der Waals surface area (Å²) >= 11 is 0. The molecule has 1 fully saturated rings. The van der Waals surface area contributed by atoms with Crippen LogP contribution in [-0.4, -0.2) is 48.4 Å². The third-order valence-electron chi connectivity index (χ3n) is 5.15. The van der Waals surface area contributed by atoms with E-state index in [1.54, 1.807) is 0 Å². The molecule has 1 aliphatic heterocycles. The van der Waals surface area contributed by atoms with Gasteiger partial charge in [0.25, 0.3) is 5.91 Å². The van der Waals surface area contributed by atoms with E-state index in [-0.39, 0.29) is 5.91 Å². The van der Waals surface area contributed by atoms with Crippen molar-refractivity contribution >= 4 is 22.8 Å². The number of carbonyl (C=O) groups is 1. The van der Waals surface area contributed by atoms with Crippen molar-refractivity contribution in [1.29, 1.82) is 0 Å². The molecule has 3 heteroatoms. The molecular formula is C24H24N2O. The molecule has 3 nitrogen and oxygen atoms in total. The van der Waals surface area contributed by atoms with Gasteiger partial charge in [0, 0.05) is 38.3 Å². The van der Waals surface area contributed by atoms with E-state index in [4.69, 9.17) is 0 Å². The molecule has 0 radical (unpaired) electrons. The van der Waals surface area contributed by atoms with Crippen molar-refractivity contribution in [3.05, 3.63) is 90.0 Å². The third-order valence-corrected chi connectivity index (χ3v) is 5.15. The first kappa shape index (κ1) is 17.5. The topological polar surface area (TPSA) is 23.6 Å². The Labute approximate surface area is 160 Å². The Morgan fingerprint density at radius 1 is 0.815 bits per heavy atom. The highest BCUT2D eigenvalue weighted by Gasteiger charge is 2.22. The van der Waals surface area contributed by atoms with E-state index in [0.717, 1.165) is 49.1 Å². The first-order chi connectivity index (χ1) is 13.3. The molecular weight excluding hydrogens is 332 g/mol. The van der Waals surface area contributed by atoms with Crippen LogP contribution in [0.25, 0.3) is 16.8 Å². The van der Waals surface area contributed by atoms with E-state index in [2.05, 4.69) is 53.5 Å². The van der Waals surface area contributed by atoms with Crippen molar-refractivity contribution in [2.24, 2.45) is 0 Å². The van der Waals surface area contributed by atoms with E-state index in [1.165, 1.54) is 5.56 Å². The predicted molar refractivity (Wildman–Crippen MR) is 112 cm³/mol. The Hall–Kier alpha value is -2.91. The van der Waals surface area contributed by atoms with Gasteiger partial charge in [0.15, 0.2) is 0 Å². The van der Waals surface area contributed by atoms with Gasteiger partial charge in [0.1, 0.15) is 0 Å². The van der Waals surface area contributed by atoms with Gasteiger partial charge in [0.2, 0.25) is 0 Å². The standard InChI is InChI=1S/C24H24N2O/c27-24(23-14-6-12-21-11-4-5-13-22(21)23)26-18-16-25(17-19-26)15-7-10-20-8-2-1-3-9-20/h1-14H,15-19H2. The molecule has 1 saturated heterocycles. The summed E-state index contributed by atoms with van der Waals surface area (Å²) in [6, 6.07) is 24.4. The summed E-state index contributed by atoms with van der Waals surface area (Å²) in [6.45, 7) is 4.30. The van der Waals surface area contributed by atoms with Crippen molar-refractivity contribution in [2.75, 3.05) is 32.7 Å². The lowest BCUT2D eigenvalue weighted by atomic mass is 10.0. The summed E-state index contributed by atoms with van der Waals surface area (Å²) < 4.78 is 0. The van der Waals surface area contributed by atoms with Crippen LogP contribution < -0.4 is 0 Å². The van der Waals surface area contributed by atoms with Gasteiger partial charge < -0.3 is 4.90 Å². The fourth-order valence-electron chi connectivity index (χ4n) is 3.62. The number of hydrogen-bond donors (Lipinski definition) is 0. The monoisotopic (exact) mass is 356 g/mol. The summed E-state index contributed by atoms with van der Waals surface area (Å²) in [5.41, 5.74) is 2.03. The van der Waals surface area contributed by atoms with Gasteiger partial charge in [-0.3, -0.25) is 9.69 Å². The average Bonchev–Trinajstić information content (AvgIpc) is 2.74. The molecule has 3 aromatic rings. The highest BCUT2D eigenvalue weighted by molar-refractivity contribution is 6.07. The number of rotatable bonds is 4. The minimum Gasteiger partial charge on any atom is -0.336 e. The van der Waals surface area contributed by atoms with E-state index < -0.39 is 0 Å². The lowest BCUT2D eigenvalue weighted by Gasteiger charge is -2.34. The molecule has 4 rings (SSSR count). The van der Waals surface area contributed by atoms with Crippen molar-refractivity contribution < 1.29 is 4.79 Å². The maximum Gasteiger partial charge on any atom is 0.254 e. The van der Waals surface area contributed by atoms with E-state index in [1.807, 2.05) is 41.3 Å². The number of carbonyl (C=O) groups excluding carboxylic acids is 1. The maximum atomic E-state index is 13.0. The van der Waals surface area contributed by atoms with Crippen molar-refractivity contribution in [2.45, 2.75) is 0 Å². The van der Waals surface area contributed by atoms with Gasteiger partial charge in [-0.15, -0.1) is 0 Å². The van der Waals surface area contributed by atoms with Crippen LogP contribution >= 0.6 is 0 Å². The molecule has 1 heterocycles. The summed E-state index contributed by atoms with van der Waals surface area (Å²) in [4.78, 5) is 17.4. The Morgan fingerprint density at radius 3 is 2.33 bits per heavy atom. The molecule has 0 aromatic heterocycles. The SMILES string of the molecule is O=C(c1cccc2ccccc12)N1CCN(CC=Cc2ccccc2)CC1. The summed E-state index contributed by atoms with van der Waals surface area (Å²) in [5, 5.41) is 2.16. The second-order valence-corrected chi connectivity index (χ2v) is 6.93. The van der Waals surface area contributed by atoms with Gasteiger partial charge >= 0.3 is 0 Å². The minimum atomic E-state index is 0.145. The van der Waals surface area contributed by atoms with Gasteiger partial charge in [0.05, 0.1) is 0 Å². The molecule has 0 saturated carbocycles. The highest BCUT2D eigenvalue weighted by Crippen LogP contribution is 2.20. The van der Waals surface area contributed by atoms with E-state index in [9.17, 15) is 4.79 Å². The van der Waals surface area contributed by atoms with Crippen molar-refractivity contribution in [3.8, 4) is 0 Å². The average molecular weight is 356 g/mol. The van der Waals surface area contributed by atoms with Crippen LogP contribution in [0.5, 0.6) is 0 Å². The van der Waals surface area contributed by atoms with Crippen LogP contribution in [0.2, 0.25) is 0 Å². The summed E-state index contributed by atoms with van der Waals surface area (Å²) in [7, 11) is 0. The minimum absolute atomic E-state index is 0.145. The van der Waals surface area contributed by atoms with Crippen LogP contribution in [0.4, 0.5) is 0 Å². The normalized spacial score (nSPS) is 15.5. The third kappa shape index (κ3) is 4.09. The van der Waals surface area contributed by atoms with Crippen LogP contribution in [0.1, 0.15) is 15.9 Å². The van der Waals surface area contributed by atoms with Crippen LogP contribution in [-0.2, 0) is 0 Å². The van der Waals surface area contributed by atoms with Crippen LogP contribution in [0, 0.1) is 0 Å². The predicted octanol–water partition coefficient (Wildman–Crippen LogP) is 4.31. The van der Waals surface area contributed by atoms with Gasteiger partial charge in [-0.2, -0.15) is 0 Å². The number of piperazine rings is 1. The van der Waals surface area contributed by atoms with E-state index in [0.29, 0.717) is 0 Å². The van der Waals surface area contributed by atoms with Crippen LogP contribution in [0.15, 0.2) is 78.9 Å². The molecule has 0 unspecified atom stereocenters. The molecule has 136 valence electrons. The molecule has 27 heavy (non-hydrogen) atoms. The largest absolute Gasteiger partial charge is 0.336 e. The van der Waals surface area contributed by atoms with Gasteiger partial charge in [-0.05, 0) is 22.4 Å². The Morgan fingerprint density at radius 2 is 1.52 bits per heavy atom. The fourth-order valence-corrected chi connectivity index (χ4v) is 3.62. The summed E-state index contributed by atoms with van der Waals surface area (Å²) in [5.74, 6) is 0.145. The Bertz CT molecular complexity index is 936. The quantitative estimate of drug-likeness (QED) is 0.695. The first-order valence-corrected chi connectivity index (χ1v) is 9.52. The van der Waals surface area contributed by atoms with E-state index >= 15 is 0 Å². The van der Waals surface area contributed by atoms with Crippen molar-refractivity contribution in [3.63, 3.8) is 0 Å². The summed E-state index contributed by atoms with van der Waals surface area (Å²) in [6.07, 6.45) is 4.37. The van der Waals surface area contributed by atoms with Crippen LogP contribution in [0.3, 0.4) is 0 Å². The number of amides is 1. The molecule has 0 bridgehead atoms. The molecule has 0 aliphatic carbocycles. The van der Waals surface area contributed by atoms with Crippen molar-refractivity contribution in [1.82, 2.24) is 9.80 Å². The number of hydrogen-bond acceptors (Lipinski definition) is 2. The number of nitrogens with zero attached hydrogens (tertiary/aromatic N) is 2. The number of fused-ring (bicyclic) bond motifs is 1. The second-order valence-electron chi connectivity index (χ2n) is 6.93. The Balaban J connectivity index is 1.36. The molecule has 0 spiro atoms. The molecule has 0 atom stereocenters. The Kier molecular flexibility index (Phi) is 5.31. The molecule has 1 amide bonds. The van der Waals surface area contributed by atoms with Gasteiger partial charge in [-0.25, -0.2) is 0 Å². The zero-order chi connectivity index (χ0) is 18.5. The second kappa shape index (κ2) is 8.19. The molecule has 1 aliphatic rings. The zero-order valence-corrected chi connectivity index (χ0v) is 15.4. The smallest absolute Gasteiger partial charge is 0.254 e. The highest BCUT2D eigenvalue weighted by atomic mass is 16.2. The maximum absolute atomic E-state index is 13.0. The van der Waals surface area contributed by atoms with Gasteiger partial charge in [-0.1, -0.05) is 78.9 Å². The fraction of sp³-hybridized carbons (Fsp3) is 0.208.